The first kappa shape index (κ1) is 16.9. The van der Waals surface area contributed by atoms with Gasteiger partial charge in [-0.2, -0.15) is 0 Å². The fraction of sp³-hybridized carbons (Fsp3) is 0.0476. The number of hydrogen-bond acceptors (Lipinski definition) is 2. The van der Waals surface area contributed by atoms with Crippen LogP contribution in [0.15, 0.2) is 97.1 Å². The standard InChI is InChI=1S/C21H18BrNS/c22-21(17-16-18-10-4-1-5-11-18)24-23(19-12-6-2-7-13-19)20-14-8-3-9-15-20/h1-17,21H. The molecule has 3 aromatic carbocycles. The van der Waals surface area contributed by atoms with Gasteiger partial charge in [0.15, 0.2) is 0 Å². The van der Waals surface area contributed by atoms with Crippen molar-refractivity contribution in [3.8, 4) is 0 Å². The van der Waals surface area contributed by atoms with Gasteiger partial charge < -0.3 is 0 Å². The summed E-state index contributed by atoms with van der Waals surface area (Å²) >= 11 is 5.50. The summed E-state index contributed by atoms with van der Waals surface area (Å²) in [5, 5.41) is 0. The molecule has 0 aliphatic heterocycles. The maximum atomic E-state index is 3.77. The maximum absolute atomic E-state index is 3.77. The first-order valence-electron chi connectivity index (χ1n) is 7.77. The topological polar surface area (TPSA) is 3.24 Å². The molecule has 0 spiro atoms. The second-order valence-electron chi connectivity index (χ2n) is 5.19. The lowest BCUT2D eigenvalue weighted by molar-refractivity contribution is 1.42. The lowest BCUT2D eigenvalue weighted by atomic mass is 10.2. The molecular formula is C21H18BrNS. The van der Waals surface area contributed by atoms with E-state index < -0.39 is 0 Å². The maximum Gasteiger partial charge on any atom is 0.0986 e. The number of benzene rings is 3. The summed E-state index contributed by atoms with van der Waals surface area (Å²) in [5.41, 5.74) is 3.52. The Balaban J connectivity index is 1.78. The van der Waals surface area contributed by atoms with Gasteiger partial charge in [-0.15, -0.1) is 0 Å². The molecule has 1 nitrogen and oxygen atoms in total. The average molecular weight is 396 g/mol. The van der Waals surface area contributed by atoms with Crippen LogP contribution in [0.5, 0.6) is 0 Å². The SMILES string of the molecule is BrC(C=Cc1ccccc1)SN(c1ccccc1)c1ccccc1. The molecule has 0 aromatic heterocycles. The molecule has 3 heteroatoms. The molecule has 1 atom stereocenters. The molecule has 0 saturated heterocycles. The zero-order chi connectivity index (χ0) is 16.6. The zero-order valence-electron chi connectivity index (χ0n) is 13.1. The Bertz CT molecular complexity index is 720. The van der Waals surface area contributed by atoms with Gasteiger partial charge in [-0.25, -0.2) is 0 Å². The summed E-state index contributed by atoms with van der Waals surface area (Å²) in [7, 11) is 0. The predicted molar refractivity (Wildman–Crippen MR) is 111 cm³/mol. The van der Waals surface area contributed by atoms with Gasteiger partial charge in [-0.05, 0) is 41.8 Å². The number of nitrogens with zero attached hydrogens (tertiary/aromatic N) is 1. The number of para-hydroxylation sites is 2. The summed E-state index contributed by atoms with van der Waals surface area (Å²) < 4.78 is 2.41. The highest BCUT2D eigenvalue weighted by atomic mass is 79.9. The number of halogens is 1. The summed E-state index contributed by atoms with van der Waals surface area (Å²) in [6.07, 6.45) is 4.31. The average Bonchev–Trinajstić information content (AvgIpc) is 2.67. The molecule has 3 aromatic rings. The number of hydrogen-bond donors (Lipinski definition) is 0. The van der Waals surface area contributed by atoms with Crippen molar-refractivity contribution >= 4 is 45.3 Å². The van der Waals surface area contributed by atoms with Crippen molar-refractivity contribution in [2.45, 2.75) is 4.16 Å². The smallest absolute Gasteiger partial charge is 0.0986 e. The summed E-state index contributed by atoms with van der Waals surface area (Å²) in [6.45, 7) is 0. The summed E-state index contributed by atoms with van der Waals surface area (Å²) in [6, 6.07) is 31.2. The monoisotopic (exact) mass is 395 g/mol. The second-order valence-corrected chi connectivity index (χ2v) is 7.87. The van der Waals surface area contributed by atoms with Crippen molar-refractivity contribution in [3.63, 3.8) is 0 Å². The molecule has 0 bridgehead atoms. The van der Waals surface area contributed by atoms with Crippen LogP contribution in [0.1, 0.15) is 5.56 Å². The zero-order valence-corrected chi connectivity index (χ0v) is 15.5. The van der Waals surface area contributed by atoms with Gasteiger partial charge >= 0.3 is 0 Å². The Morgan fingerprint density at radius 1 is 0.708 bits per heavy atom. The van der Waals surface area contributed by atoms with Crippen LogP contribution in [0.4, 0.5) is 11.4 Å². The fourth-order valence-corrected chi connectivity index (χ4v) is 3.78. The van der Waals surface area contributed by atoms with E-state index in [1.54, 1.807) is 11.9 Å². The number of alkyl halides is 1. The fourth-order valence-electron chi connectivity index (χ4n) is 2.28. The van der Waals surface area contributed by atoms with E-state index in [1.807, 2.05) is 18.2 Å². The highest BCUT2D eigenvalue weighted by Gasteiger charge is 2.13. The van der Waals surface area contributed by atoms with E-state index in [2.05, 4.69) is 105 Å². The lowest BCUT2D eigenvalue weighted by Crippen LogP contribution is -2.09. The number of anilines is 2. The molecule has 0 aliphatic carbocycles. The normalized spacial score (nSPS) is 12.2. The van der Waals surface area contributed by atoms with Gasteiger partial charge in [-0.3, -0.25) is 4.31 Å². The van der Waals surface area contributed by atoms with E-state index in [0.29, 0.717) is 0 Å². The third-order valence-electron chi connectivity index (χ3n) is 3.43. The minimum atomic E-state index is 0.165. The molecule has 0 N–H and O–H groups in total. The first-order valence-corrected chi connectivity index (χ1v) is 9.52. The van der Waals surface area contributed by atoms with E-state index in [4.69, 9.17) is 0 Å². The van der Waals surface area contributed by atoms with Crippen LogP contribution in [0.2, 0.25) is 0 Å². The van der Waals surface area contributed by atoms with Gasteiger partial charge in [0.25, 0.3) is 0 Å². The van der Waals surface area contributed by atoms with Crippen LogP contribution in [-0.4, -0.2) is 4.16 Å². The Hall–Kier alpha value is -1.97. The van der Waals surface area contributed by atoms with E-state index in [1.165, 1.54) is 5.56 Å². The molecule has 0 saturated carbocycles. The van der Waals surface area contributed by atoms with Crippen molar-refractivity contribution in [2.75, 3.05) is 4.31 Å². The highest BCUT2D eigenvalue weighted by Crippen LogP contribution is 2.36. The van der Waals surface area contributed by atoms with Crippen LogP contribution < -0.4 is 4.31 Å². The Morgan fingerprint density at radius 2 is 1.17 bits per heavy atom. The highest BCUT2D eigenvalue weighted by molar-refractivity contribution is 9.11. The molecule has 3 rings (SSSR count). The molecule has 0 amide bonds. The summed E-state index contributed by atoms with van der Waals surface area (Å²) in [4.78, 5) is 0. The molecule has 0 radical (unpaired) electrons. The molecule has 0 heterocycles. The van der Waals surface area contributed by atoms with E-state index in [0.717, 1.165) is 11.4 Å². The van der Waals surface area contributed by atoms with Gasteiger partial charge in [-0.1, -0.05) is 94.8 Å². The third kappa shape index (κ3) is 4.76. The van der Waals surface area contributed by atoms with E-state index in [9.17, 15) is 0 Å². The largest absolute Gasteiger partial charge is 0.283 e. The first-order chi connectivity index (χ1) is 11.8. The van der Waals surface area contributed by atoms with Crippen LogP contribution in [0.25, 0.3) is 6.08 Å². The minimum absolute atomic E-state index is 0.165. The predicted octanol–water partition coefficient (Wildman–Crippen LogP) is 6.91. The van der Waals surface area contributed by atoms with Gasteiger partial charge in [0.2, 0.25) is 0 Å². The summed E-state index contributed by atoms with van der Waals surface area (Å²) in [5.74, 6) is 0. The van der Waals surface area contributed by atoms with Crippen LogP contribution in [-0.2, 0) is 0 Å². The Kier molecular flexibility index (Phi) is 6.16. The van der Waals surface area contributed by atoms with Gasteiger partial charge in [0.1, 0.15) is 0 Å². The van der Waals surface area contributed by atoms with Crippen molar-refractivity contribution in [2.24, 2.45) is 0 Å². The Labute approximate surface area is 156 Å². The molecule has 24 heavy (non-hydrogen) atoms. The van der Waals surface area contributed by atoms with Crippen LogP contribution in [0.3, 0.4) is 0 Å². The third-order valence-corrected chi connectivity index (χ3v) is 5.22. The van der Waals surface area contributed by atoms with Crippen LogP contribution in [0, 0.1) is 0 Å². The van der Waals surface area contributed by atoms with Gasteiger partial charge in [0, 0.05) is 0 Å². The molecular weight excluding hydrogens is 378 g/mol. The number of rotatable bonds is 6. The van der Waals surface area contributed by atoms with Crippen molar-refractivity contribution in [1.29, 1.82) is 0 Å². The quantitative estimate of drug-likeness (QED) is 0.329. The minimum Gasteiger partial charge on any atom is -0.283 e. The van der Waals surface area contributed by atoms with Gasteiger partial charge in [0.05, 0.1) is 15.5 Å². The molecule has 0 fully saturated rings. The van der Waals surface area contributed by atoms with Crippen molar-refractivity contribution in [1.82, 2.24) is 0 Å². The van der Waals surface area contributed by atoms with Crippen molar-refractivity contribution in [3.05, 3.63) is 103 Å². The molecule has 0 aliphatic rings. The Morgan fingerprint density at radius 3 is 1.67 bits per heavy atom. The van der Waals surface area contributed by atoms with E-state index >= 15 is 0 Å². The lowest BCUT2D eigenvalue weighted by Gasteiger charge is -2.25. The van der Waals surface area contributed by atoms with Crippen molar-refractivity contribution < 1.29 is 0 Å². The second kappa shape index (κ2) is 8.76. The van der Waals surface area contributed by atoms with Crippen LogP contribution >= 0.6 is 27.9 Å². The van der Waals surface area contributed by atoms with E-state index in [-0.39, 0.29) is 4.16 Å². The molecule has 120 valence electrons. The molecule has 1 unspecified atom stereocenters.